The summed E-state index contributed by atoms with van der Waals surface area (Å²) in [6, 6.07) is 6.99. The van der Waals surface area contributed by atoms with Crippen molar-refractivity contribution >= 4 is 16.3 Å². The van der Waals surface area contributed by atoms with Gasteiger partial charge < -0.3 is 25.0 Å². The van der Waals surface area contributed by atoms with Crippen LogP contribution in [-0.4, -0.2) is 74.9 Å². The van der Waals surface area contributed by atoms with E-state index < -0.39 is 40.6 Å². The number of aliphatic hydroxyl groups excluding tert-OH is 2. The second-order valence-electron chi connectivity index (χ2n) is 12.7. The summed E-state index contributed by atoms with van der Waals surface area (Å²) in [6.07, 6.45) is -0.283. The summed E-state index contributed by atoms with van der Waals surface area (Å²) in [5, 5.41) is 33.8. The molecule has 2 fully saturated rings. The molecule has 212 valence electrons. The standard InChI is InChI=1S/C31H33F3N2O4/c1-28-14-22(31(32,33)34)20-13-21-25(37)26(38)23(36(2)3)15-29(21)9-10-30(20,40-29)24(28)7-6-19(28)17-5-4-16-8-11-35-27(39)18(16)12-17/h4-6,8,11-13,23-26,37-38H,7,9-10,14-15H2,1-3H3,(H,35,39)/t23-,24?,25+,26+,28+,29+,30+/m0/s1. The van der Waals surface area contributed by atoms with Crippen LogP contribution in [0.3, 0.4) is 0 Å². The Morgan fingerprint density at radius 3 is 2.62 bits per heavy atom. The molecule has 7 rings (SSSR count). The van der Waals surface area contributed by atoms with Gasteiger partial charge in [-0.3, -0.25) is 0 Å². The molecule has 5 aliphatic rings. The second kappa shape index (κ2) is 8.18. The summed E-state index contributed by atoms with van der Waals surface area (Å²) in [6.45, 7) is 1.91. The largest absolute Gasteiger partial charge is 0.493 e. The lowest BCUT2D eigenvalue weighted by Gasteiger charge is -2.57. The van der Waals surface area contributed by atoms with Gasteiger partial charge in [-0.25, -0.2) is 4.98 Å². The number of halogens is 3. The zero-order valence-electron chi connectivity index (χ0n) is 22.7. The van der Waals surface area contributed by atoms with Crippen molar-refractivity contribution in [1.82, 2.24) is 9.88 Å². The number of aromatic hydroxyl groups is 1. The molecule has 1 unspecified atom stereocenters. The smallest absolute Gasteiger partial charge is 0.413 e. The van der Waals surface area contributed by atoms with Gasteiger partial charge in [-0.2, -0.15) is 13.2 Å². The Hall–Kier alpha value is -2.72. The van der Waals surface area contributed by atoms with E-state index in [4.69, 9.17) is 4.74 Å². The average molecular weight is 555 g/mol. The van der Waals surface area contributed by atoms with E-state index in [1.165, 1.54) is 12.3 Å². The highest BCUT2D eigenvalue weighted by Gasteiger charge is 2.69. The number of aliphatic hydroxyl groups is 2. The number of nitrogens with zero attached hydrogens (tertiary/aromatic N) is 2. The van der Waals surface area contributed by atoms with Gasteiger partial charge in [0.1, 0.15) is 6.10 Å². The maximum absolute atomic E-state index is 14.9. The number of allylic oxidation sites excluding steroid dienone is 3. The van der Waals surface area contributed by atoms with E-state index in [2.05, 4.69) is 4.98 Å². The molecule has 1 aromatic heterocycles. The van der Waals surface area contributed by atoms with E-state index in [1.807, 2.05) is 50.2 Å². The summed E-state index contributed by atoms with van der Waals surface area (Å²) >= 11 is 0. The number of alkyl halides is 3. The van der Waals surface area contributed by atoms with E-state index in [1.54, 1.807) is 6.07 Å². The summed E-state index contributed by atoms with van der Waals surface area (Å²) in [5.74, 6) is -0.354. The summed E-state index contributed by atoms with van der Waals surface area (Å²) in [5.41, 5.74) is -1.49. The third-order valence-corrected chi connectivity index (χ3v) is 10.6. The van der Waals surface area contributed by atoms with Gasteiger partial charge in [-0.05, 0) is 86.0 Å². The van der Waals surface area contributed by atoms with E-state index >= 15 is 0 Å². The van der Waals surface area contributed by atoms with E-state index in [-0.39, 0.29) is 29.8 Å². The van der Waals surface area contributed by atoms with Gasteiger partial charge in [0.25, 0.3) is 0 Å². The number of fused-ring (bicyclic) bond motifs is 2. The van der Waals surface area contributed by atoms with Gasteiger partial charge >= 0.3 is 6.18 Å². The minimum absolute atomic E-state index is 0.112. The van der Waals surface area contributed by atoms with Gasteiger partial charge in [0.2, 0.25) is 5.88 Å². The summed E-state index contributed by atoms with van der Waals surface area (Å²) < 4.78 is 51.6. The molecule has 3 N–H and O–H groups in total. The highest BCUT2D eigenvalue weighted by atomic mass is 19.4. The van der Waals surface area contributed by atoms with Crippen molar-refractivity contribution < 1.29 is 33.2 Å². The van der Waals surface area contributed by atoms with Crippen LogP contribution in [0.15, 0.2) is 59.3 Å². The molecule has 9 heteroatoms. The van der Waals surface area contributed by atoms with Crippen molar-refractivity contribution in [3.8, 4) is 5.88 Å². The third kappa shape index (κ3) is 3.29. The minimum Gasteiger partial charge on any atom is -0.493 e. The molecule has 2 aliphatic heterocycles. The maximum Gasteiger partial charge on any atom is 0.413 e. The molecule has 1 aromatic carbocycles. The van der Waals surface area contributed by atoms with Gasteiger partial charge in [0.05, 0.1) is 17.3 Å². The Balaban J connectivity index is 1.39. The third-order valence-electron chi connectivity index (χ3n) is 10.6. The molecule has 0 radical (unpaired) electrons. The van der Waals surface area contributed by atoms with Crippen molar-refractivity contribution in [2.45, 2.75) is 74.7 Å². The lowest BCUT2D eigenvalue weighted by atomic mass is 9.56. The molecule has 1 saturated heterocycles. The zero-order valence-corrected chi connectivity index (χ0v) is 22.7. The van der Waals surface area contributed by atoms with Crippen molar-refractivity contribution in [2.24, 2.45) is 11.3 Å². The Labute approximate surface area is 230 Å². The molecule has 6 nitrogen and oxygen atoms in total. The van der Waals surface area contributed by atoms with Crippen molar-refractivity contribution in [2.75, 3.05) is 14.1 Å². The second-order valence-corrected chi connectivity index (χ2v) is 12.7. The van der Waals surface area contributed by atoms with Crippen LogP contribution in [0.1, 0.15) is 44.6 Å². The lowest BCUT2D eigenvalue weighted by Crippen LogP contribution is -2.62. The fourth-order valence-electron chi connectivity index (χ4n) is 8.70. The molecule has 2 spiro atoms. The van der Waals surface area contributed by atoms with Crippen LogP contribution >= 0.6 is 0 Å². The zero-order chi connectivity index (χ0) is 28.4. The Kier molecular flexibility index (Phi) is 5.36. The first-order valence-corrected chi connectivity index (χ1v) is 13.9. The predicted octanol–water partition coefficient (Wildman–Crippen LogP) is 4.90. The number of rotatable bonds is 2. The lowest BCUT2D eigenvalue weighted by molar-refractivity contribution is -0.170. The van der Waals surface area contributed by atoms with E-state index in [0.717, 1.165) is 16.5 Å². The normalized spacial score (nSPS) is 38.7. The Morgan fingerprint density at radius 2 is 1.90 bits per heavy atom. The number of likely N-dealkylation sites (N-methyl/N-ethyl adjacent to an activating group) is 1. The highest BCUT2D eigenvalue weighted by molar-refractivity contribution is 5.90. The van der Waals surface area contributed by atoms with Crippen molar-refractivity contribution in [3.05, 3.63) is 64.9 Å². The number of pyridine rings is 1. The van der Waals surface area contributed by atoms with Crippen LogP contribution in [0.2, 0.25) is 0 Å². The highest BCUT2D eigenvalue weighted by Crippen LogP contribution is 2.70. The van der Waals surface area contributed by atoms with E-state index in [0.29, 0.717) is 36.6 Å². The summed E-state index contributed by atoms with van der Waals surface area (Å²) in [7, 11) is 3.66. The Morgan fingerprint density at radius 1 is 1.12 bits per heavy atom. The fourth-order valence-corrected chi connectivity index (χ4v) is 8.70. The number of aromatic nitrogens is 1. The number of hydrogen-bond donors (Lipinski definition) is 3. The molecular weight excluding hydrogens is 521 g/mol. The maximum atomic E-state index is 14.9. The predicted molar refractivity (Wildman–Crippen MR) is 143 cm³/mol. The first-order chi connectivity index (χ1) is 18.8. The van der Waals surface area contributed by atoms with Gasteiger partial charge in [-0.15, -0.1) is 0 Å². The molecule has 1 saturated carbocycles. The first-order valence-electron chi connectivity index (χ1n) is 13.9. The fraction of sp³-hybridized carbons (Fsp3) is 0.516. The van der Waals surface area contributed by atoms with Crippen LogP contribution in [0.4, 0.5) is 13.2 Å². The van der Waals surface area contributed by atoms with Gasteiger partial charge in [-0.1, -0.05) is 31.2 Å². The minimum atomic E-state index is -4.59. The number of hydrogen-bond acceptors (Lipinski definition) is 6. The van der Waals surface area contributed by atoms with E-state index in [9.17, 15) is 28.5 Å². The molecule has 7 atom stereocenters. The van der Waals surface area contributed by atoms with Gasteiger partial charge in [0.15, 0.2) is 0 Å². The SMILES string of the molecule is CN(C)[C@H]1C[C@@]23CC[C@@]4(O2)C(=C(C(F)(F)F)C[C@]2(C)C(c5ccc6ccnc(O)c6c5)=CCC24)C=C3[C@@H](O)[C@@H]1O. The van der Waals surface area contributed by atoms with Crippen molar-refractivity contribution in [1.29, 1.82) is 0 Å². The molecule has 0 amide bonds. The molecule has 2 aromatic rings. The van der Waals surface area contributed by atoms with Crippen LogP contribution in [0, 0.1) is 11.3 Å². The van der Waals surface area contributed by atoms with Crippen LogP contribution in [0.25, 0.3) is 16.3 Å². The van der Waals surface area contributed by atoms with Crippen LogP contribution in [-0.2, 0) is 4.74 Å². The molecule has 3 aliphatic carbocycles. The monoisotopic (exact) mass is 554 g/mol. The van der Waals surface area contributed by atoms with Crippen molar-refractivity contribution in [3.63, 3.8) is 0 Å². The average Bonchev–Trinajstić information content (AvgIpc) is 3.41. The summed E-state index contributed by atoms with van der Waals surface area (Å²) in [4.78, 5) is 5.83. The molecule has 3 heterocycles. The number of benzene rings is 1. The molecule has 40 heavy (non-hydrogen) atoms. The quantitative estimate of drug-likeness (QED) is 0.490. The topological polar surface area (TPSA) is 86.1 Å². The molecular formula is C31H33F3N2O4. The first kappa shape index (κ1) is 26.2. The van der Waals surface area contributed by atoms with Crippen LogP contribution < -0.4 is 0 Å². The number of ether oxygens (including phenoxy) is 1. The van der Waals surface area contributed by atoms with Gasteiger partial charge in [0, 0.05) is 34.5 Å². The van der Waals surface area contributed by atoms with Crippen LogP contribution in [0.5, 0.6) is 5.88 Å². The molecule has 2 bridgehead atoms. The Bertz CT molecular complexity index is 1530.